The second-order valence-electron chi connectivity index (χ2n) is 5.94. The molecule has 1 atom stereocenters. The molecule has 2 aromatic rings. The molecule has 0 radical (unpaired) electrons. The van der Waals surface area contributed by atoms with E-state index >= 15 is 0 Å². The summed E-state index contributed by atoms with van der Waals surface area (Å²) < 4.78 is 13.1. The van der Waals surface area contributed by atoms with Crippen LogP contribution in [0.15, 0.2) is 48.5 Å². The van der Waals surface area contributed by atoms with Crippen molar-refractivity contribution in [2.24, 2.45) is 0 Å². The van der Waals surface area contributed by atoms with Crippen LogP contribution in [0.25, 0.3) is 0 Å². The Morgan fingerprint density at radius 1 is 1.04 bits per heavy atom. The van der Waals surface area contributed by atoms with Crippen LogP contribution in [0.2, 0.25) is 0 Å². The highest BCUT2D eigenvalue weighted by Crippen LogP contribution is 2.29. The number of aryl methyl sites for hydroxylation is 1. The second kappa shape index (κ2) is 5.50. The standard InChI is InChI=1S/C18H17FN2O2/c1-12-3-5-13(6-4-12)11-21-16(22)18(2,20-17(21)23)14-7-9-15(19)10-8-14/h3-10H,11H2,1-2H3,(H,20,23). The van der Waals surface area contributed by atoms with Gasteiger partial charge in [-0.1, -0.05) is 42.0 Å². The molecule has 1 fully saturated rings. The zero-order valence-electron chi connectivity index (χ0n) is 13.0. The third-order valence-corrected chi connectivity index (χ3v) is 4.16. The lowest BCUT2D eigenvalue weighted by Crippen LogP contribution is -2.40. The number of hydrogen-bond acceptors (Lipinski definition) is 2. The zero-order chi connectivity index (χ0) is 16.6. The molecular weight excluding hydrogens is 295 g/mol. The first-order valence-electron chi connectivity index (χ1n) is 7.36. The zero-order valence-corrected chi connectivity index (χ0v) is 13.0. The van der Waals surface area contributed by atoms with Crippen molar-refractivity contribution in [2.75, 3.05) is 0 Å². The van der Waals surface area contributed by atoms with Crippen LogP contribution in [-0.2, 0) is 16.9 Å². The molecule has 1 aliphatic rings. The van der Waals surface area contributed by atoms with E-state index in [9.17, 15) is 14.0 Å². The molecule has 1 heterocycles. The number of imide groups is 1. The predicted octanol–water partition coefficient (Wildman–Crippen LogP) is 3.10. The van der Waals surface area contributed by atoms with Gasteiger partial charge in [0.25, 0.3) is 5.91 Å². The van der Waals surface area contributed by atoms with Gasteiger partial charge >= 0.3 is 6.03 Å². The van der Waals surface area contributed by atoms with Crippen molar-refractivity contribution < 1.29 is 14.0 Å². The minimum Gasteiger partial charge on any atom is -0.319 e. The third kappa shape index (κ3) is 2.70. The summed E-state index contributed by atoms with van der Waals surface area (Å²) in [5, 5.41) is 2.71. The Bertz CT molecular complexity index is 756. The minimum atomic E-state index is -1.17. The maximum Gasteiger partial charge on any atom is 0.325 e. The van der Waals surface area contributed by atoms with Crippen molar-refractivity contribution in [3.05, 3.63) is 71.0 Å². The topological polar surface area (TPSA) is 49.4 Å². The van der Waals surface area contributed by atoms with E-state index in [4.69, 9.17) is 0 Å². The van der Waals surface area contributed by atoms with Crippen molar-refractivity contribution in [3.63, 3.8) is 0 Å². The number of urea groups is 1. The van der Waals surface area contributed by atoms with Crippen LogP contribution in [0.5, 0.6) is 0 Å². The minimum absolute atomic E-state index is 0.210. The fourth-order valence-corrected chi connectivity index (χ4v) is 2.70. The van der Waals surface area contributed by atoms with Crippen molar-refractivity contribution in [1.82, 2.24) is 10.2 Å². The van der Waals surface area contributed by atoms with Gasteiger partial charge in [-0.15, -0.1) is 0 Å². The van der Waals surface area contributed by atoms with Crippen LogP contribution in [0.4, 0.5) is 9.18 Å². The Morgan fingerprint density at radius 3 is 2.26 bits per heavy atom. The summed E-state index contributed by atoms with van der Waals surface area (Å²) in [6.07, 6.45) is 0. The van der Waals surface area contributed by atoms with Gasteiger partial charge in [0, 0.05) is 0 Å². The van der Waals surface area contributed by atoms with Gasteiger partial charge in [-0.2, -0.15) is 0 Å². The summed E-state index contributed by atoms with van der Waals surface area (Å²) in [5.41, 5.74) is 1.38. The quantitative estimate of drug-likeness (QED) is 0.885. The summed E-state index contributed by atoms with van der Waals surface area (Å²) in [4.78, 5) is 26.2. The maximum absolute atomic E-state index is 13.1. The molecule has 1 unspecified atom stereocenters. The third-order valence-electron chi connectivity index (χ3n) is 4.16. The number of rotatable bonds is 3. The lowest BCUT2D eigenvalue weighted by atomic mass is 9.92. The van der Waals surface area contributed by atoms with Gasteiger partial charge in [-0.05, 0) is 37.1 Å². The largest absolute Gasteiger partial charge is 0.325 e. The van der Waals surface area contributed by atoms with Gasteiger partial charge in [0.1, 0.15) is 11.4 Å². The molecule has 3 rings (SSSR count). The van der Waals surface area contributed by atoms with Gasteiger partial charge in [0.2, 0.25) is 0 Å². The fraction of sp³-hybridized carbons (Fsp3) is 0.222. The number of halogens is 1. The van der Waals surface area contributed by atoms with Crippen LogP contribution in [0.3, 0.4) is 0 Å². The van der Waals surface area contributed by atoms with Gasteiger partial charge in [-0.3, -0.25) is 9.69 Å². The molecule has 1 N–H and O–H groups in total. The molecule has 0 aliphatic carbocycles. The average Bonchev–Trinajstić information content (AvgIpc) is 2.74. The summed E-state index contributed by atoms with van der Waals surface area (Å²) in [6.45, 7) is 3.82. The van der Waals surface area contributed by atoms with Crippen LogP contribution in [0.1, 0.15) is 23.6 Å². The molecule has 23 heavy (non-hydrogen) atoms. The lowest BCUT2D eigenvalue weighted by Gasteiger charge is -2.22. The molecule has 1 aliphatic heterocycles. The van der Waals surface area contributed by atoms with E-state index in [0.717, 1.165) is 11.1 Å². The number of nitrogens with zero attached hydrogens (tertiary/aromatic N) is 1. The lowest BCUT2D eigenvalue weighted by molar-refractivity contribution is -0.131. The van der Waals surface area contributed by atoms with Crippen molar-refractivity contribution in [3.8, 4) is 0 Å². The number of hydrogen-bond donors (Lipinski definition) is 1. The Labute approximate surface area is 133 Å². The predicted molar refractivity (Wildman–Crippen MR) is 84.0 cm³/mol. The molecular formula is C18H17FN2O2. The first-order chi connectivity index (χ1) is 10.9. The van der Waals surface area contributed by atoms with Gasteiger partial charge < -0.3 is 5.32 Å². The molecule has 4 nitrogen and oxygen atoms in total. The molecule has 0 saturated carbocycles. The first-order valence-corrected chi connectivity index (χ1v) is 7.36. The van der Waals surface area contributed by atoms with E-state index in [-0.39, 0.29) is 18.3 Å². The van der Waals surface area contributed by atoms with Crippen molar-refractivity contribution in [2.45, 2.75) is 25.9 Å². The SMILES string of the molecule is Cc1ccc(CN2C(=O)NC(C)(c3ccc(F)cc3)C2=O)cc1. The molecule has 0 spiro atoms. The van der Waals surface area contributed by atoms with E-state index in [1.807, 2.05) is 31.2 Å². The summed E-state index contributed by atoms with van der Waals surface area (Å²) in [7, 11) is 0. The van der Waals surface area contributed by atoms with Crippen LogP contribution < -0.4 is 5.32 Å². The van der Waals surface area contributed by atoms with Gasteiger partial charge in [0.15, 0.2) is 0 Å². The Balaban J connectivity index is 1.87. The Morgan fingerprint density at radius 2 is 1.65 bits per heavy atom. The van der Waals surface area contributed by atoms with Crippen LogP contribution >= 0.6 is 0 Å². The summed E-state index contributed by atoms with van der Waals surface area (Å²) in [5.74, 6) is -0.722. The second-order valence-corrected chi connectivity index (χ2v) is 5.94. The van der Waals surface area contributed by atoms with Gasteiger partial charge in [-0.25, -0.2) is 9.18 Å². The monoisotopic (exact) mass is 312 g/mol. The summed E-state index contributed by atoms with van der Waals surface area (Å²) in [6, 6.07) is 12.8. The van der Waals surface area contributed by atoms with Crippen molar-refractivity contribution >= 4 is 11.9 Å². The molecule has 3 amide bonds. The Hall–Kier alpha value is -2.69. The number of benzene rings is 2. The van der Waals surface area contributed by atoms with Crippen molar-refractivity contribution in [1.29, 1.82) is 0 Å². The maximum atomic E-state index is 13.1. The number of carbonyl (C=O) groups is 2. The molecule has 1 saturated heterocycles. The average molecular weight is 312 g/mol. The number of carbonyl (C=O) groups excluding carboxylic acids is 2. The first kappa shape index (κ1) is 15.2. The fourth-order valence-electron chi connectivity index (χ4n) is 2.70. The highest BCUT2D eigenvalue weighted by atomic mass is 19.1. The van der Waals surface area contributed by atoms with Crippen LogP contribution in [0, 0.1) is 12.7 Å². The molecule has 2 aromatic carbocycles. The molecule has 118 valence electrons. The number of amides is 3. The Kier molecular flexibility index (Phi) is 3.64. The van der Waals surface area contributed by atoms with Gasteiger partial charge in [0.05, 0.1) is 6.54 Å². The van der Waals surface area contributed by atoms with E-state index < -0.39 is 11.6 Å². The van der Waals surface area contributed by atoms with E-state index in [1.165, 1.54) is 29.2 Å². The molecule has 5 heteroatoms. The smallest absolute Gasteiger partial charge is 0.319 e. The highest BCUT2D eigenvalue weighted by Gasteiger charge is 2.48. The number of nitrogens with one attached hydrogen (secondary N) is 1. The highest BCUT2D eigenvalue weighted by molar-refractivity contribution is 6.07. The van der Waals surface area contributed by atoms with E-state index in [0.29, 0.717) is 5.56 Å². The van der Waals surface area contributed by atoms with Crippen LogP contribution in [-0.4, -0.2) is 16.8 Å². The molecule has 0 bridgehead atoms. The van der Waals surface area contributed by atoms with E-state index in [2.05, 4.69) is 5.32 Å². The normalized spacial score (nSPS) is 20.7. The molecule has 0 aromatic heterocycles. The van der Waals surface area contributed by atoms with E-state index in [1.54, 1.807) is 6.92 Å². The summed E-state index contributed by atoms with van der Waals surface area (Å²) >= 11 is 0.